The van der Waals surface area contributed by atoms with Crippen LogP contribution in [-0.2, 0) is 10.0 Å². The first-order valence-corrected chi connectivity index (χ1v) is 11.6. The third-order valence-electron chi connectivity index (χ3n) is 4.17. The van der Waals surface area contributed by atoms with Crippen molar-refractivity contribution in [3.8, 4) is 0 Å². The fourth-order valence-corrected chi connectivity index (χ4v) is 3.94. The molecular formula is C19H27ClN6O2S2. The number of nitrogens with one attached hydrogen (secondary N) is 4. The van der Waals surface area contributed by atoms with Gasteiger partial charge in [0.25, 0.3) is 0 Å². The third-order valence-corrected chi connectivity index (χ3v) is 7.09. The van der Waals surface area contributed by atoms with Crippen molar-refractivity contribution < 1.29 is 8.42 Å². The van der Waals surface area contributed by atoms with Crippen molar-refractivity contribution in [1.29, 1.82) is 0 Å². The number of anilines is 4. The van der Waals surface area contributed by atoms with Gasteiger partial charge in [0, 0.05) is 18.8 Å². The van der Waals surface area contributed by atoms with E-state index in [1.54, 1.807) is 50.3 Å². The highest BCUT2D eigenvalue weighted by Crippen LogP contribution is 2.30. The highest BCUT2D eigenvalue weighted by molar-refractivity contribution is 7.94. The maximum absolute atomic E-state index is 12.4. The van der Waals surface area contributed by atoms with Crippen molar-refractivity contribution in [2.45, 2.75) is 25.5 Å². The number of hydrogen-bond acceptors (Lipinski definition) is 8. The van der Waals surface area contributed by atoms with Gasteiger partial charge in [-0.3, -0.25) is 4.72 Å². The number of sulfonamides is 1. The molecule has 0 radical (unpaired) electrons. The maximum atomic E-state index is 12.4. The molecule has 0 saturated heterocycles. The zero-order valence-electron chi connectivity index (χ0n) is 17.3. The number of fused-ring (bicyclic) bond motifs is 1. The molecule has 1 aromatic carbocycles. The van der Waals surface area contributed by atoms with E-state index in [4.69, 9.17) is 0 Å². The molecule has 2 aromatic heterocycles. The summed E-state index contributed by atoms with van der Waals surface area (Å²) in [5.74, 6) is 1.21. The van der Waals surface area contributed by atoms with Gasteiger partial charge in [0.15, 0.2) is 0 Å². The number of nitrogens with zero attached hydrogens (tertiary/aromatic N) is 2. The largest absolute Gasteiger partial charge is 0.353 e. The summed E-state index contributed by atoms with van der Waals surface area (Å²) in [6.45, 7) is 6.48. The summed E-state index contributed by atoms with van der Waals surface area (Å²) >= 11 is 1.54. The van der Waals surface area contributed by atoms with E-state index < -0.39 is 14.8 Å². The zero-order valence-corrected chi connectivity index (χ0v) is 19.8. The monoisotopic (exact) mass is 470 g/mol. The Labute approximate surface area is 187 Å². The van der Waals surface area contributed by atoms with Crippen molar-refractivity contribution in [2.75, 3.05) is 35.5 Å². The minimum absolute atomic E-state index is 0. The average Bonchev–Trinajstić information content (AvgIpc) is 3.10. The molecule has 0 aliphatic rings. The van der Waals surface area contributed by atoms with Crippen LogP contribution >= 0.6 is 23.7 Å². The molecular weight excluding hydrogens is 444 g/mol. The Hall–Kier alpha value is -2.14. The molecule has 0 fully saturated rings. The number of rotatable bonds is 8. The molecule has 164 valence electrons. The lowest BCUT2D eigenvalue weighted by molar-refractivity contribution is 0.566. The Morgan fingerprint density at radius 2 is 1.80 bits per heavy atom. The summed E-state index contributed by atoms with van der Waals surface area (Å²) in [7, 11) is -1.62. The third kappa shape index (κ3) is 5.72. The van der Waals surface area contributed by atoms with E-state index in [1.165, 1.54) is 0 Å². The van der Waals surface area contributed by atoms with E-state index in [2.05, 4.69) is 30.6 Å². The van der Waals surface area contributed by atoms with Crippen LogP contribution in [0.3, 0.4) is 0 Å². The van der Waals surface area contributed by atoms with Crippen molar-refractivity contribution >= 4 is 67.1 Å². The summed E-state index contributed by atoms with van der Waals surface area (Å²) < 4.78 is 26.6. The first-order chi connectivity index (χ1) is 13.7. The summed E-state index contributed by atoms with van der Waals surface area (Å²) in [6.07, 6.45) is 0. The molecule has 0 unspecified atom stereocenters. The van der Waals surface area contributed by atoms with E-state index in [0.717, 1.165) is 22.4 Å². The molecule has 11 heteroatoms. The quantitative estimate of drug-likeness (QED) is 0.368. The van der Waals surface area contributed by atoms with Crippen LogP contribution in [0.15, 0.2) is 35.7 Å². The molecule has 3 rings (SSSR count). The van der Waals surface area contributed by atoms with Crippen molar-refractivity contribution in [1.82, 2.24) is 15.3 Å². The molecule has 0 bridgehead atoms. The predicted octanol–water partition coefficient (Wildman–Crippen LogP) is 4.03. The molecule has 0 aliphatic heterocycles. The second-order valence-corrected chi connectivity index (χ2v) is 10.8. The number of hydrogen-bond donors (Lipinski definition) is 4. The molecule has 0 spiro atoms. The fourth-order valence-electron chi connectivity index (χ4n) is 2.43. The predicted molar refractivity (Wildman–Crippen MR) is 129 cm³/mol. The van der Waals surface area contributed by atoms with Crippen LogP contribution in [0.1, 0.15) is 20.8 Å². The van der Waals surface area contributed by atoms with Crippen LogP contribution < -0.4 is 20.7 Å². The standard InChI is InChI=1S/C19H26N6O2S2.ClH/c1-19(2,3)29(26,27)25-14-7-5-6-13(12-14)22-16-15-8-11-28-17(15)24-18(23-16)21-10-9-20-4;/h5-8,11-12,20,25H,9-10H2,1-4H3,(H2,21,22,23,24);1H. The van der Waals surface area contributed by atoms with E-state index in [0.29, 0.717) is 24.0 Å². The molecule has 0 saturated carbocycles. The summed E-state index contributed by atoms with van der Waals surface area (Å²) in [6, 6.07) is 9.09. The van der Waals surface area contributed by atoms with Crippen LogP contribution in [0.2, 0.25) is 0 Å². The maximum Gasteiger partial charge on any atom is 0.237 e. The van der Waals surface area contributed by atoms with Crippen molar-refractivity contribution in [3.05, 3.63) is 35.7 Å². The number of likely N-dealkylation sites (N-methyl/N-ethyl adjacent to an activating group) is 1. The fraction of sp³-hybridized carbons (Fsp3) is 0.368. The summed E-state index contributed by atoms with van der Waals surface area (Å²) in [5.41, 5.74) is 1.22. The molecule has 2 heterocycles. The van der Waals surface area contributed by atoms with Crippen molar-refractivity contribution in [2.24, 2.45) is 0 Å². The first kappa shape index (κ1) is 24.1. The minimum Gasteiger partial charge on any atom is -0.353 e. The van der Waals surface area contributed by atoms with Gasteiger partial charge in [0.05, 0.1) is 15.8 Å². The van der Waals surface area contributed by atoms with Gasteiger partial charge in [-0.15, -0.1) is 23.7 Å². The molecule has 0 aliphatic carbocycles. The summed E-state index contributed by atoms with van der Waals surface area (Å²) in [4.78, 5) is 10.0. The second-order valence-electron chi connectivity index (χ2n) is 7.49. The van der Waals surface area contributed by atoms with E-state index in [-0.39, 0.29) is 12.4 Å². The lowest BCUT2D eigenvalue weighted by atomic mass is 10.2. The smallest absolute Gasteiger partial charge is 0.237 e. The molecule has 30 heavy (non-hydrogen) atoms. The normalized spacial score (nSPS) is 11.7. The Morgan fingerprint density at radius 1 is 1.07 bits per heavy atom. The molecule has 8 nitrogen and oxygen atoms in total. The Kier molecular flexibility index (Phi) is 7.87. The van der Waals surface area contributed by atoms with Gasteiger partial charge in [0.1, 0.15) is 10.6 Å². The van der Waals surface area contributed by atoms with Crippen LogP contribution in [0, 0.1) is 0 Å². The zero-order chi connectivity index (χ0) is 21.1. The van der Waals surface area contributed by atoms with E-state index in [1.807, 2.05) is 24.6 Å². The summed E-state index contributed by atoms with van der Waals surface area (Å²) in [5, 5.41) is 12.4. The molecule has 0 atom stereocenters. The van der Waals surface area contributed by atoms with Gasteiger partial charge in [-0.25, -0.2) is 13.4 Å². The molecule has 4 N–H and O–H groups in total. The van der Waals surface area contributed by atoms with Gasteiger partial charge in [-0.2, -0.15) is 4.98 Å². The minimum atomic E-state index is -3.50. The lowest BCUT2D eigenvalue weighted by Crippen LogP contribution is -2.33. The number of aromatic nitrogens is 2. The highest BCUT2D eigenvalue weighted by Gasteiger charge is 2.28. The number of halogens is 1. The van der Waals surface area contributed by atoms with Crippen LogP contribution in [0.25, 0.3) is 10.2 Å². The Balaban J connectivity index is 0.00000320. The Bertz CT molecular complexity index is 1100. The first-order valence-electron chi connectivity index (χ1n) is 9.23. The van der Waals surface area contributed by atoms with Crippen molar-refractivity contribution in [3.63, 3.8) is 0 Å². The number of benzene rings is 1. The van der Waals surface area contributed by atoms with E-state index >= 15 is 0 Å². The van der Waals surface area contributed by atoms with Gasteiger partial charge in [-0.1, -0.05) is 6.07 Å². The Morgan fingerprint density at radius 3 is 2.50 bits per heavy atom. The van der Waals surface area contributed by atoms with Crippen LogP contribution in [-0.4, -0.2) is 43.3 Å². The average molecular weight is 471 g/mol. The van der Waals surface area contributed by atoms with Gasteiger partial charge in [-0.05, 0) is 57.5 Å². The van der Waals surface area contributed by atoms with Gasteiger partial charge < -0.3 is 16.0 Å². The molecule has 3 aromatic rings. The molecule has 0 amide bonds. The second kappa shape index (κ2) is 9.78. The van der Waals surface area contributed by atoms with E-state index in [9.17, 15) is 8.42 Å². The topological polar surface area (TPSA) is 108 Å². The van der Waals surface area contributed by atoms with Crippen LogP contribution in [0.4, 0.5) is 23.1 Å². The van der Waals surface area contributed by atoms with Crippen LogP contribution in [0.5, 0.6) is 0 Å². The highest BCUT2D eigenvalue weighted by atomic mass is 35.5. The van der Waals surface area contributed by atoms with Gasteiger partial charge in [0.2, 0.25) is 16.0 Å². The van der Waals surface area contributed by atoms with Gasteiger partial charge >= 0.3 is 0 Å². The SMILES string of the molecule is CNCCNc1nc(Nc2cccc(NS(=O)(=O)C(C)(C)C)c2)c2ccsc2n1.Cl. The number of thiophene rings is 1. The lowest BCUT2D eigenvalue weighted by Gasteiger charge is -2.20.